The number of nitrogens with one attached hydrogen (secondary N) is 1. The Labute approximate surface area is 65.7 Å². The van der Waals surface area contributed by atoms with E-state index in [4.69, 9.17) is 5.73 Å². The second kappa shape index (κ2) is 3.39. The van der Waals surface area contributed by atoms with Gasteiger partial charge in [0.05, 0.1) is 5.69 Å². The summed E-state index contributed by atoms with van der Waals surface area (Å²) in [4.78, 5) is 0. The lowest BCUT2D eigenvalue weighted by Crippen LogP contribution is -2.21. The third kappa shape index (κ3) is 2.59. The van der Waals surface area contributed by atoms with Crippen molar-refractivity contribution in [1.29, 1.82) is 0 Å². The monoisotopic (exact) mass is 155 g/mol. The molecule has 1 heterocycles. The third-order valence-electron chi connectivity index (χ3n) is 1.27. The van der Waals surface area contributed by atoms with Crippen molar-refractivity contribution in [3.63, 3.8) is 0 Å². The maximum atomic E-state index is 5.33. The average Bonchev–Trinajstić information content (AvgIpc) is 2.31. The maximum absolute atomic E-state index is 5.33. The number of nitrogen functional groups attached to an aromatic ring is 1. The first kappa shape index (κ1) is 8.07. The zero-order valence-electron chi connectivity index (χ0n) is 6.79. The second-order valence-electron chi connectivity index (χ2n) is 2.76. The molecule has 0 aliphatic carbocycles. The SMILES string of the molecule is CC(C)NCc1cc(N)on1. The van der Waals surface area contributed by atoms with E-state index >= 15 is 0 Å². The first-order valence-corrected chi connectivity index (χ1v) is 3.63. The van der Waals surface area contributed by atoms with Gasteiger partial charge in [-0.3, -0.25) is 0 Å². The van der Waals surface area contributed by atoms with E-state index in [9.17, 15) is 0 Å². The third-order valence-corrected chi connectivity index (χ3v) is 1.27. The predicted octanol–water partition coefficient (Wildman–Crippen LogP) is 0.755. The molecule has 0 atom stereocenters. The standard InChI is InChI=1S/C7H13N3O/c1-5(2)9-4-6-3-7(8)11-10-6/h3,5,9H,4,8H2,1-2H3. The van der Waals surface area contributed by atoms with Crippen LogP contribution in [0.15, 0.2) is 10.6 Å². The van der Waals surface area contributed by atoms with Crippen LogP contribution in [0.4, 0.5) is 5.88 Å². The Hall–Kier alpha value is -1.03. The molecule has 0 aliphatic heterocycles. The number of anilines is 1. The average molecular weight is 155 g/mol. The molecule has 62 valence electrons. The van der Waals surface area contributed by atoms with Gasteiger partial charge in [0.15, 0.2) is 0 Å². The first-order chi connectivity index (χ1) is 5.18. The van der Waals surface area contributed by atoms with Gasteiger partial charge in [0.2, 0.25) is 5.88 Å². The number of hydrogen-bond acceptors (Lipinski definition) is 4. The van der Waals surface area contributed by atoms with E-state index in [2.05, 4.69) is 28.8 Å². The summed E-state index contributed by atoms with van der Waals surface area (Å²) in [6, 6.07) is 2.17. The minimum Gasteiger partial charge on any atom is -0.368 e. The van der Waals surface area contributed by atoms with E-state index in [0.717, 1.165) is 5.69 Å². The van der Waals surface area contributed by atoms with Crippen LogP contribution in [0.1, 0.15) is 19.5 Å². The fourth-order valence-corrected chi connectivity index (χ4v) is 0.720. The van der Waals surface area contributed by atoms with Gasteiger partial charge in [0.1, 0.15) is 0 Å². The molecule has 4 nitrogen and oxygen atoms in total. The van der Waals surface area contributed by atoms with Crippen molar-refractivity contribution < 1.29 is 4.52 Å². The van der Waals surface area contributed by atoms with Gasteiger partial charge < -0.3 is 15.6 Å². The van der Waals surface area contributed by atoms with E-state index < -0.39 is 0 Å². The molecule has 1 rings (SSSR count). The minimum atomic E-state index is 0.366. The van der Waals surface area contributed by atoms with Crippen molar-refractivity contribution >= 4 is 5.88 Å². The van der Waals surface area contributed by atoms with Crippen LogP contribution in [-0.4, -0.2) is 11.2 Å². The highest BCUT2D eigenvalue weighted by Crippen LogP contribution is 2.03. The van der Waals surface area contributed by atoms with Crippen LogP contribution >= 0.6 is 0 Å². The fraction of sp³-hybridized carbons (Fsp3) is 0.571. The minimum absolute atomic E-state index is 0.366. The summed E-state index contributed by atoms with van der Waals surface area (Å²) in [7, 11) is 0. The molecule has 4 heteroatoms. The zero-order chi connectivity index (χ0) is 8.27. The van der Waals surface area contributed by atoms with Crippen LogP contribution in [0.3, 0.4) is 0 Å². The molecule has 0 aliphatic rings. The van der Waals surface area contributed by atoms with Gasteiger partial charge in [-0.25, -0.2) is 0 Å². The number of nitrogens with zero attached hydrogens (tertiary/aromatic N) is 1. The van der Waals surface area contributed by atoms with Crippen LogP contribution in [0.2, 0.25) is 0 Å². The topological polar surface area (TPSA) is 64.1 Å². The molecule has 1 aromatic heterocycles. The Morgan fingerprint density at radius 1 is 1.73 bits per heavy atom. The fourth-order valence-electron chi connectivity index (χ4n) is 0.720. The van der Waals surface area contributed by atoms with Crippen molar-refractivity contribution in [3.8, 4) is 0 Å². The summed E-state index contributed by atoms with van der Waals surface area (Å²) in [5, 5.41) is 6.92. The van der Waals surface area contributed by atoms with Gasteiger partial charge in [-0.05, 0) is 0 Å². The molecule has 0 saturated carbocycles. The van der Waals surface area contributed by atoms with E-state index in [1.54, 1.807) is 6.07 Å². The Balaban J connectivity index is 2.39. The summed E-state index contributed by atoms with van der Waals surface area (Å²) < 4.78 is 4.68. The molecular formula is C7H13N3O. The van der Waals surface area contributed by atoms with E-state index in [1.165, 1.54) is 0 Å². The molecule has 0 aromatic carbocycles. The van der Waals surface area contributed by atoms with E-state index in [-0.39, 0.29) is 0 Å². The second-order valence-corrected chi connectivity index (χ2v) is 2.76. The van der Waals surface area contributed by atoms with Crippen molar-refractivity contribution in [3.05, 3.63) is 11.8 Å². The number of rotatable bonds is 3. The highest BCUT2D eigenvalue weighted by molar-refractivity contribution is 5.23. The molecule has 0 spiro atoms. The maximum Gasteiger partial charge on any atom is 0.222 e. The lowest BCUT2D eigenvalue weighted by molar-refractivity contribution is 0.421. The quantitative estimate of drug-likeness (QED) is 0.676. The van der Waals surface area contributed by atoms with Gasteiger partial charge in [-0.2, -0.15) is 0 Å². The summed E-state index contributed by atoms with van der Waals surface area (Å²) in [5.41, 5.74) is 6.17. The summed E-state index contributed by atoms with van der Waals surface area (Å²) in [6.45, 7) is 4.85. The molecule has 0 unspecified atom stereocenters. The number of hydrogen-bond donors (Lipinski definition) is 2. The number of nitrogens with two attached hydrogens (primary N) is 1. The van der Waals surface area contributed by atoms with Crippen LogP contribution in [-0.2, 0) is 6.54 Å². The normalized spacial score (nSPS) is 10.8. The predicted molar refractivity (Wildman–Crippen MR) is 42.9 cm³/mol. The van der Waals surface area contributed by atoms with Gasteiger partial charge >= 0.3 is 0 Å². The molecule has 3 N–H and O–H groups in total. The number of aromatic nitrogens is 1. The van der Waals surface area contributed by atoms with Crippen molar-refractivity contribution in [2.75, 3.05) is 5.73 Å². The lowest BCUT2D eigenvalue weighted by Gasteiger charge is -2.03. The summed E-state index contributed by atoms with van der Waals surface area (Å²) in [5.74, 6) is 0.366. The molecule has 11 heavy (non-hydrogen) atoms. The Kier molecular flexibility index (Phi) is 2.48. The van der Waals surface area contributed by atoms with Gasteiger partial charge in [0, 0.05) is 18.7 Å². The van der Waals surface area contributed by atoms with E-state index in [0.29, 0.717) is 18.5 Å². The summed E-state index contributed by atoms with van der Waals surface area (Å²) >= 11 is 0. The lowest BCUT2D eigenvalue weighted by atomic mass is 10.3. The van der Waals surface area contributed by atoms with Crippen LogP contribution < -0.4 is 11.1 Å². The smallest absolute Gasteiger partial charge is 0.222 e. The van der Waals surface area contributed by atoms with Crippen molar-refractivity contribution in [2.45, 2.75) is 26.4 Å². The Morgan fingerprint density at radius 2 is 2.45 bits per heavy atom. The van der Waals surface area contributed by atoms with Gasteiger partial charge in [-0.15, -0.1) is 0 Å². The van der Waals surface area contributed by atoms with Crippen LogP contribution in [0.5, 0.6) is 0 Å². The highest BCUT2D eigenvalue weighted by atomic mass is 16.5. The summed E-state index contributed by atoms with van der Waals surface area (Å²) in [6.07, 6.45) is 0. The molecule has 0 radical (unpaired) electrons. The largest absolute Gasteiger partial charge is 0.368 e. The molecular weight excluding hydrogens is 142 g/mol. The first-order valence-electron chi connectivity index (χ1n) is 3.63. The Bertz CT molecular complexity index is 219. The van der Waals surface area contributed by atoms with Crippen molar-refractivity contribution in [1.82, 2.24) is 10.5 Å². The zero-order valence-corrected chi connectivity index (χ0v) is 6.79. The molecule has 0 bridgehead atoms. The molecule has 0 fully saturated rings. The van der Waals surface area contributed by atoms with Gasteiger partial charge in [0.25, 0.3) is 0 Å². The molecule has 1 aromatic rings. The Morgan fingerprint density at radius 3 is 2.91 bits per heavy atom. The highest BCUT2D eigenvalue weighted by Gasteiger charge is 2.00. The van der Waals surface area contributed by atoms with Gasteiger partial charge in [-0.1, -0.05) is 19.0 Å². The van der Waals surface area contributed by atoms with E-state index in [1.807, 2.05) is 0 Å². The van der Waals surface area contributed by atoms with Crippen LogP contribution in [0, 0.1) is 0 Å². The van der Waals surface area contributed by atoms with Crippen molar-refractivity contribution in [2.24, 2.45) is 0 Å². The van der Waals surface area contributed by atoms with Crippen LogP contribution in [0.25, 0.3) is 0 Å². The molecule has 0 saturated heterocycles. The molecule has 0 amide bonds.